The summed E-state index contributed by atoms with van der Waals surface area (Å²) in [7, 11) is 2.15. The van der Waals surface area contributed by atoms with Crippen LogP contribution in [0.5, 0.6) is 0 Å². The molecule has 1 fully saturated rings. The van der Waals surface area contributed by atoms with Crippen LogP contribution in [0.25, 0.3) is 0 Å². The maximum atomic E-state index is 4.77. The minimum absolute atomic E-state index is 0.548. The molecule has 0 radical (unpaired) electrons. The van der Waals surface area contributed by atoms with Crippen molar-refractivity contribution in [1.29, 1.82) is 0 Å². The van der Waals surface area contributed by atoms with Crippen molar-refractivity contribution in [3.05, 3.63) is 11.4 Å². The topological polar surface area (TPSA) is 41.9 Å². The fraction of sp³-hybridized carbons (Fsp3) is 0.769. The third kappa shape index (κ3) is 2.18. The molecule has 0 aromatic carbocycles. The van der Waals surface area contributed by atoms with Gasteiger partial charge in [0.05, 0.1) is 5.69 Å². The molecule has 1 aromatic rings. The summed E-state index contributed by atoms with van der Waals surface area (Å²) in [4.78, 5) is 4.77. The number of hydrogen-bond donors (Lipinski definition) is 2. The molecule has 0 amide bonds. The molecular formula is C13H22N4. The van der Waals surface area contributed by atoms with Crippen LogP contribution in [0.4, 0.5) is 5.95 Å². The van der Waals surface area contributed by atoms with Crippen molar-refractivity contribution < 1.29 is 0 Å². The first kappa shape index (κ1) is 11.1. The van der Waals surface area contributed by atoms with Gasteiger partial charge in [0.2, 0.25) is 5.95 Å². The van der Waals surface area contributed by atoms with Crippen molar-refractivity contribution in [2.24, 2.45) is 7.05 Å². The first-order valence-corrected chi connectivity index (χ1v) is 6.86. The first-order chi connectivity index (χ1) is 8.34. The summed E-state index contributed by atoms with van der Waals surface area (Å²) >= 11 is 0. The molecule has 3 rings (SSSR count). The van der Waals surface area contributed by atoms with E-state index in [1.165, 1.54) is 43.5 Å². The van der Waals surface area contributed by atoms with Gasteiger partial charge in [-0.2, -0.15) is 0 Å². The molecule has 4 nitrogen and oxygen atoms in total. The Morgan fingerprint density at radius 3 is 2.94 bits per heavy atom. The van der Waals surface area contributed by atoms with E-state index < -0.39 is 0 Å². The molecule has 0 bridgehead atoms. The molecule has 0 saturated carbocycles. The Bertz CT molecular complexity index is 390. The third-order valence-electron chi connectivity index (χ3n) is 4.00. The predicted octanol–water partition coefficient (Wildman–Crippen LogP) is 1.46. The third-order valence-corrected chi connectivity index (χ3v) is 4.00. The van der Waals surface area contributed by atoms with Gasteiger partial charge in [0, 0.05) is 25.3 Å². The summed E-state index contributed by atoms with van der Waals surface area (Å²) < 4.78 is 2.27. The van der Waals surface area contributed by atoms with E-state index in [4.69, 9.17) is 4.98 Å². The Balaban J connectivity index is 1.76. The lowest BCUT2D eigenvalue weighted by Crippen LogP contribution is -2.39. The number of aromatic nitrogens is 2. The van der Waals surface area contributed by atoms with Crippen molar-refractivity contribution >= 4 is 5.95 Å². The minimum atomic E-state index is 0.548. The molecule has 1 aromatic heterocycles. The summed E-state index contributed by atoms with van der Waals surface area (Å²) in [5.41, 5.74) is 2.77. The van der Waals surface area contributed by atoms with Crippen LogP contribution in [0.3, 0.4) is 0 Å². The zero-order chi connectivity index (χ0) is 11.7. The van der Waals surface area contributed by atoms with E-state index in [1.807, 2.05) is 0 Å². The Morgan fingerprint density at radius 2 is 2.18 bits per heavy atom. The molecule has 17 heavy (non-hydrogen) atoms. The van der Waals surface area contributed by atoms with E-state index in [0.29, 0.717) is 6.04 Å². The molecule has 2 heterocycles. The fourth-order valence-electron chi connectivity index (χ4n) is 2.97. The Hall–Kier alpha value is -1.03. The average Bonchev–Trinajstić information content (AvgIpc) is 2.68. The smallest absolute Gasteiger partial charge is 0.203 e. The first-order valence-electron chi connectivity index (χ1n) is 6.86. The van der Waals surface area contributed by atoms with Crippen LogP contribution < -0.4 is 10.6 Å². The monoisotopic (exact) mass is 234 g/mol. The number of fused-ring (bicyclic) bond motifs is 1. The number of nitrogens with zero attached hydrogens (tertiary/aromatic N) is 2. The van der Waals surface area contributed by atoms with E-state index in [0.717, 1.165) is 25.5 Å². The normalized spacial score (nSPS) is 24.4. The number of anilines is 1. The fourth-order valence-corrected chi connectivity index (χ4v) is 2.97. The van der Waals surface area contributed by atoms with Crippen molar-refractivity contribution in [2.45, 2.75) is 44.6 Å². The number of piperidine rings is 1. The highest BCUT2D eigenvalue weighted by Gasteiger charge is 2.20. The predicted molar refractivity (Wildman–Crippen MR) is 69.4 cm³/mol. The van der Waals surface area contributed by atoms with E-state index in [9.17, 15) is 0 Å². The van der Waals surface area contributed by atoms with E-state index in [-0.39, 0.29) is 0 Å². The van der Waals surface area contributed by atoms with Gasteiger partial charge in [-0.15, -0.1) is 0 Å². The van der Waals surface area contributed by atoms with Crippen LogP contribution in [0.15, 0.2) is 0 Å². The lowest BCUT2D eigenvalue weighted by molar-refractivity contribution is 0.476. The van der Waals surface area contributed by atoms with E-state index in [1.54, 1.807) is 0 Å². The van der Waals surface area contributed by atoms with E-state index in [2.05, 4.69) is 22.2 Å². The van der Waals surface area contributed by atoms with Crippen molar-refractivity contribution in [1.82, 2.24) is 14.9 Å². The standard InChI is InChI=1S/C13H22N4/c1-17-12-7-3-2-6-11(12)16-13(17)15-10-5-4-8-14-9-10/h10,14H,2-9H2,1H3,(H,15,16). The van der Waals surface area contributed by atoms with Gasteiger partial charge < -0.3 is 15.2 Å². The number of nitrogens with one attached hydrogen (secondary N) is 2. The van der Waals surface area contributed by atoms with Gasteiger partial charge in [-0.1, -0.05) is 0 Å². The molecule has 0 spiro atoms. The highest BCUT2D eigenvalue weighted by molar-refractivity contribution is 5.36. The Morgan fingerprint density at radius 1 is 1.29 bits per heavy atom. The highest BCUT2D eigenvalue weighted by atomic mass is 15.2. The quantitative estimate of drug-likeness (QED) is 0.814. The Labute approximate surface area is 103 Å². The molecule has 1 saturated heterocycles. The maximum Gasteiger partial charge on any atom is 0.203 e. The van der Waals surface area contributed by atoms with Crippen LogP contribution in [0, 0.1) is 0 Å². The Kier molecular flexibility index (Phi) is 3.05. The average molecular weight is 234 g/mol. The van der Waals surface area contributed by atoms with Crippen LogP contribution >= 0.6 is 0 Å². The van der Waals surface area contributed by atoms with Gasteiger partial charge in [0.1, 0.15) is 0 Å². The number of hydrogen-bond acceptors (Lipinski definition) is 3. The van der Waals surface area contributed by atoms with Crippen LogP contribution in [-0.4, -0.2) is 28.7 Å². The molecule has 1 unspecified atom stereocenters. The highest BCUT2D eigenvalue weighted by Crippen LogP contribution is 2.24. The van der Waals surface area contributed by atoms with Crippen LogP contribution in [0.1, 0.15) is 37.1 Å². The SMILES string of the molecule is Cn1c(NC2CCCNC2)nc2c1CCCC2. The lowest BCUT2D eigenvalue weighted by atomic mass is 10.0. The van der Waals surface area contributed by atoms with Gasteiger partial charge in [0.15, 0.2) is 0 Å². The molecule has 1 atom stereocenters. The second kappa shape index (κ2) is 4.69. The molecule has 1 aliphatic heterocycles. The zero-order valence-corrected chi connectivity index (χ0v) is 10.6. The van der Waals surface area contributed by atoms with Gasteiger partial charge >= 0.3 is 0 Å². The summed E-state index contributed by atoms with van der Waals surface area (Å²) in [6.07, 6.45) is 7.49. The van der Waals surface area contributed by atoms with Gasteiger partial charge in [-0.3, -0.25) is 0 Å². The molecule has 2 N–H and O–H groups in total. The lowest BCUT2D eigenvalue weighted by Gasteiger charge is -2.24. The van der Waals surface area contributed by atoms with Crippen LogP contribution in [-0.2, 0) is 19.9 Å². The molecule has 94 valence electrons. The summed E-state index contributed by atoms with van der Waals surface area (Å²) in [6, 6.07) is 0.548. The summed E-state index contributed by atoms with van der Waals surface area (Å²) in [5.74, 6) is 1.07. The zero-order valence-electron chi connectivity index (χ0n) is 10.6. The second-order valence-corrected chi connectivity index (χ2v) is 5.28. The van der Waals surface area contributed by atoms with Gasteiger partial charge in [-0.05, 0) is 45.1 Å². The largest absolute Gasteiger partial charge is 0.352 e. The molecule has 4 heteroatoms. The van der Waals surface area contributed by atoms with Crippen molar-refractivity contribution in [3.63, 3.8) is 0 Å². The molecule has 1 aliphatic carbocycles. The van der Waals surface area contributed by atoms with Crippen molar-refractivity contribution in [3.8, 4) is 0 Å². The number of rotatable bonds is 2. The van der Waals surface area contributed by atoms with Gasteiger partial charge in [-0.25, -0.2) is 4.98 Å². The summed E-state index contributed by atoms with van der Waals surface area (Å²) in [6.45, 7) is 2.23. The van der Waals surface area contributed by atoms with Crippen LogP contribution in [0.2, 0.25) is 0 Å². The van der Waals surface area contributed by atoms with Gasteiger partial charge in [0.25, 0.3) is 0 Å². The summed E-state index contributed by atoms with van der Waals surface area (Å²) in [5, 5.41) is 7.03. The second-order valence-electron chi connectivity index (χ2n) is 5.28. The van der Waals surface area contributed by atoms with Crippen molar-refractivity contribution in [2.75, 3.05) is 18.4 Å². The minimum Gasteiger partial charge on any atom is -0.352 e. The molecular weight excluding hydrogens is 212 g/mol. The molecule has 2 aliphatic rings. The van der Waals surface area contributed by atoms with E-state index >= 15 is 0 Å². The number of imidazole rings is 1. The maximum absolute atomic E-state index is 4.77. The number of aryl methyl sites for hydroxylation is 1.